The van der Waals surface area contributed by atoms with E-state index in [1.54, 1.807) is 28.8 Å². The number of aryl methyl sites for hydroxylation is 1. The molecular formula is C19H21FN2O3. The average Bonchev–Trinajstić information content (AvgIpc) is 3.33. The Morgan fingerprint density at radius 3 is 2.48 bits per heavy atom. The highest BCUT2D eigenvalue weighted by atomic mass is 19.1. The van der Waals surface area contributed by atoms with Gasteiger partial charge < -0.3 is 14.6 Å². The van der Waals surface area contributed by atoms with E-state index in [1.165, 1.54) is 31.2 Å². The van der Waals surface area contributed by atoms with Gasteiger partial charge in [-0.1, -0.05) is 12.1 Å². The number of nitrogens with zero attached hydrogens (tertiary/aromatic N) is 2. The first-order valence-electron chi connectivity index (χ1n) is 8.28. The normalized spacial score (nSPS) is 15.0. The third kappa shape index (κ3) is 3.79. The number of carbonyl (C=O) groups excluding carboxylic acids is 2. The van der Waals surface area contributed by atoms with Crippen molar-refractivity contribution in [2.24, 2.45) is 7.05 Å². The van der Waals surface area contributed by atoms with E-state index in [1.807, 2.05) is 0 Å². The zero-order chi connectivity index (χ0) is 18.1. The molecule has 0 saturated heterocycles. The van der Waals surface area contributed by atoms with Gasteiger partial charge in [0.25, 0.3) is 5.91 Å². The molecule has 1 N–H and O–H groups in total. The fourth-order valence-electron chi connectivity index (χ4n) is 2.88. The Balaban J connectivity index is 1.80. The van der Waals surface area contributed by atoms with Crippen LogP contribution >= 0.6 is 0 Å². The second-order valence-corrected chi connectivity index (χ2v) is 6.54. The number of halogens is 1. The van der Waals surface area contributed by atoms with Crippen LogP contribution in [0.5, 0.6) is 0 Å². The van der Waals surface area contributed by atoms with E-state index < -0.39 is 6.10 Å². The topological polar surface area (TPSA) is 62.5 Å². The zero-order valence-electron chi connectivity index (χ0n) is 14.3. The number of aromatic nitrogens is 1. The number of aliphatic hydroxyl groups excluding tert-OH is 1. The number of hydrogen-bond donors (Lipinski definition) is 1. The standard InChI is InChI=1S/C19H21FN2O3/c1-12(23)14-9-17(21(2)10-14)19(25)22(16-7-8-16)11-18(24)13-3-5-15(20)6-4-13/h3-6,9-10,16,18,24H,7-8,11H2,1-2H3/t18-/m0/s1. The van der Waals surface area contributed by atoms with E-state index in [9.17, 15) is 19.1 Å². The van der Waals surface area contributed by atoms with Crippen molar-refractivity contribution >= 4 is 11.7 Å². The Kier molecular flexibility index (Phi) is 4.72. The van der Waals surface area contributed by atoms with Crippen molar-refractivity contribution in [3.05, 3.63) is 59.2 Å². The lowest BCUT2D eigenvalue weighted by Gasteiger charge is -2.25. The maximum atomic E-state index is 13.0. The lowest BCUT2D eigenvalue weighted by Crippen LogP contribution is -2.37. The third-order valence-corrected chi connectivity index (χ3v) is 4.50. The molecule has 0 radical (unpaired) electrons. The summed E-state index contributed by atoms with van der Waals surface area (Å²) in [7, 11) is 1.72. The molecular weight excluding hydrogens is 323 g/mol. The molecule has 1 aliphatic carbocycles. The number of carbonyl (C=O) groups is 2. The number of Topliss-reactive ketones (excluding diaryl/α,β-unsaturated/α-hetero) is 1. The Labute approximate surface area is 145 Å². The highest BCUT2D eigenvalue weighted by molar-refractivity contribution is 5.99. The molecule has 0 unspecified atom stereocenters. The van der Waals surface area contributed by atoms with Crippen LogP contribution in [0, 0.1) is 5.82 Å². The molecule has 1 fully saturated rings. The first-order valence-corrected chi connectivity index (χ1v) is 8.28. The van der Waals surface area contributed by atoms with Gasteiger partial charge in [-0.15, -0.1) is 0 Å². The van der Waals surface area contributed by atoms with Crippen molar-refractivity contribution < 1.29 is 19.1 Å². The number of hydrogen-bond acceptors (Lipinski definition) is 3. The second-order valence-electron chi connectivity index (χ2n) is 6.54. The highest BCUT2D eigenvalue weighted by Gasteiger charge is 2.35. The van der Waals surface area contributed by atoms with Crippen LogP contribution in [0.1, 0.15) is 52.3 Å². The third-order valence-electron chi connectivity index (χ3n) is 4.50. The monoisotopic (exact) mass is 344 g/mol. The van der Waals surface area contributed by atoms with Gasteiger partial charge in [0, 0.05) is 24.8 Å². The van der Waals surface area contributed by atoms with Crippen molar-refractivity contribution in [1.82, 2.24) is 9.47 Å². The van der Waals surface area contributed by atoms with E-state index >= 15 is 0 Å². The summed E-state index contributed by atoms with van der Waals surface area (Å²) in [4.78, 5) is 26.1. The molecule has 1 saturated carbocycles. The smallest absolute Gasteiger partial charge is 0.270 e. The largest absolute Gasteiger partial charge is 0.387 e. The van der Waals surface area contributed by atoms with Crippen LogP contribution in [0.4, 0.5) is 4.39 Å². The summed E-state index contributed by atoms with van der Waals surface area (Å²) >= 11 is 0. The number of aliphatic hydroxyl groups is 1. The Morgan fingerprint density at radius 2 is 1.96 bits per heavy atom. The molecule has 0 aliphatic heterocycles. The minimum Gasteiger partial charge on any atom is -0.387 e. The summed E-state index contributed by atoms with van der Waals surface area (Å²) in [5, 5.41) is 10.4. The quantitative estimate of drug-likeness (QED) is 0.820. The molecule has 0 spiro atoms. The predicted molar refractivity (Wildman–Crippen MR) is 90.8 cm³/mol. The van der Waals surface area contributed by atoms with Crippen LogP contribution in [-0.4, -0.2) is 38.9 Å². The Bertz CT molecular complexity index is 794. The predicted octanol–water partition coefficient (Wildman–Crippen LogP) is 2.71. The van der Waals surface area contributed by atoms with Crippen LogP contribution < -0.4 is 0 Å². The fraction of sp³-hybridized carbons (Fsp3) is 0.368. The van der Waals surface area contributed by atoms with Gasteiger partial charge >= 0.3 is 0 Å². The van der Waals surface area contributed by atoms with Crippen LogP contribution in [-0.2, 0) is 7.05 Å². The molecule has 132 valence electrons. The second kappa shape index (κ2) is 6.80. The van der Waals surface area contributed by atoms with Crippen molar-refractivity contribution in [3.8, 4) is 0 Å². The number of ketones is 1. The van der Waals surface area contributed by atoms with Gasteiger partial charge in [-0.05, 0) is 43.5 Å². The van der Waals surface area contributed by atoms with Crippen molar-refractivity contribution in [2.45, 2.75) is 31.9 Å². The maximum Gasteiger partial charge on any atom is 0.270 e. The minimum absolute atomic E-state index is 0.0956. The molecule has 1 amide bonds. The molecule has 1 heterocycles. The van der Waals surface area contributed by atoms with E-state index in [0.29, 0.717) is 16.8 Å². The van der Waals surface area contributed by atoms with Gasteiger partial charge in [0.05, 0.1) is 12.6 Å². The summed E-state index contributed by atoms with van der Waals surface area (Å²) in [6.07, 6.45) is 2.53. The summed E-state index contributed by atoms with van der Waals surface area (Å²) in [6, 6.07) is 7.30. The van der Waals surface area contributed by atoms with Crippen molar-refractivity contribution in [3.63, 3.8) is 0 Å². The fourth-order valence-corrected chi connectivity index (χ4v) is 2.88. The molecule has 5 nitrogen and oxygen atoms in total. The summed E-state index contributed by atoms with van der Waals surface area (Å²) in [6.45, 7) is 1.59. The lowest BCUT2D eigenvalue weighted by molar-refractivity contribution is 0.0594. The van der Waals surface area contributed by atoms with Crippen molar-refractivity contribution in [2.75, 3.05) is 6.54 Å². The summed E-state index contributed by atoms with van der Waals surface area (Å²) in [5.41, 5.74) is 1.47. The van der Waals surface area contributed by atoms with E-state index in [4.69, 9.17) is 0 Å². The van der Waals surface area contributed by atoms with Gasteiger partial charge in [0.15, 0.2) is 5.78 Å². The number of rotatable bonds is 6. The number of benzene rings is 1. The van der Waals surface area contributed by atoms with E-state index in [0.717, 1.165) is 12.8 Å². The summed E-state index contributed by atoms with van der Waals surface area (Å²) in [5.74, 6) is -0.677. The summed E-state index contributed by atoms with van der Waals surface area (Å²) < 4.78 is 14.7. The first kappa shape index (κ1) is 17.4. The number of amides is 1. The molecule has 3 rings (SSSR count). The van der Waals surface area contributed by atoms with Gasteiger partial charge in [0.2, 0.25) is 0 Å². The molecule has 1 aromatic heterocycles. The molecule has 1 atom stereocenters. The SMILES string of the molecule is CC(=O)c1cc(C(=O)N(C[C@H](O)c2ccc(F)cc2)C2CC2)n(C)c1. The molecule has 0 bridgehead atoms. The molecule has 1 aromatic carbocycles. The maximum absolute atomic E-state index is 13.0. The Morgan fingerprint density at radius 1 is 1.32 bits per heavy atom. The molecule has 6 heteroatoms. The first-order chi connectivity index (χ1) is 11.9. The van der Waals surface area contributed by atoms with Gasteiger partial charge in [-0.2, -0.15) is 0 Å². The highest BCUT2D eigenvalue weighted by Crippen LogP contribution is 2.30. The molecule has 1 aliphatic rings. The van der Waals surface area contributed by atoms with Crippen LogP contribution in [0.15, 0.2) is 36.5 Å². The van der Waals surface area contributed by atoms with Crippen LogP contribution in [0.2, 0.25) is 0 Å². The van der Waals surface area contributed by atoms with Crippen LogP contribution in [0.3, 0.4) is 0 Å². The Hall–Kier alpha value is -2.47. The minimum atomic E-state index is -0.891. The van der Waals surface area contributed by atoms with Crippen molar-refractivity contribution in [1.29, 1.82) is 0 Å². The van der Waals surface area contributed by atoms with E-state index in [-0.39, 0.29) is 30.1 Å². The van der Waals surface area contributed by atoms with Gasteiger partial charge in [-0.3, -0.25) is 9.59 Å². The van der Waals surface area contributed by atoms with E-state index in [2.05, 4.69) is 0 Å². The molecule has 25 heavy (non-hydrogen) atoms. The van der Waals surface area contributed by atoms with Crippen LogP contribution in [0.25, 0.3) is 0 Å². The zero-order valence-corrected chi connectivity index (χ0v) is 14.3. The average molecular weight is 344 g/mol. The van der Waals surface area contributed by atoms with Gasteiger partial charge in [-0.25, -0.2) is 4.39 Å². The molecule has 2 aromatic rings. The van der Waals surface area contributed by atoms with Gasteiger partial charge in [0.1, 0.15) is 11.5 Å². The lowest BCUT2D eigenvalue weighted by atomic mass is 10.1.